The molecule has 0 radical (unpaired) electrons. The Kier molecular flexibility index (Phi) is 10.0. The van der Waals surface area contributed by atoms with Gasteiger partial charge in [-0.25, -0.2) is 0 Å². The molecule has 0 aliphatic carbocycles. The molecule has 34 heavy (non-hydrogen) atoms. The van der Waals surface area contributed by atoms with Gasteiger partial charge in [0, 0.05) is 41.1 Å². The Bertz CT molecular complexity index is 1040. The second kappa shape index (κ2) is 13.2. The molecule has 0 heterocycles. The molecular formula is C28H31ClN2O2S. The van der Waals surface area contributed by atoms with E-state index < -0.39 is 6.04 Å². The summed E-state index contributed by atoms with van der Waals surface area (Å²) in [6.07, 6.45) is 0.794. The van der Waals surface area contributed by atoms with Gasteiger partial charge in [-0.3, -0.25) is 9.59 Å². The molecule has 1 N–H and O–H groups in total. The molecule has 0 saturated carbocycles. The highest BCUT2D eigenvalue weighted by atomic mass is 35.5. The minimum Gasteiger partial charge on any atom is -0.352 e. The van der Waals surface area contributed by atoms with Crippen molar-refractivity contribution in [3.63, 3.8) is 0 Å². The topological polar surface area (TPSA) is 49.4 Å². The van der Waals surface area contributed by atoms with Crippen LogP contribution in [0.3, 0.4) is 0 Å². The first kappa shape index (κ1) is 25.9. The van der Waals surface area contributed by atoms with E-state index in [9.17, 15) is 9.59 Å². The summed E-state index contributed by atoms with van der Waals surface area (Å²) >= 11 is 7.58. The lowest BCUT2D eigenvalue weighted by molar-refractivity contribution is -0.141. The van der Waals surface area contributed by atoms with Gasteiger partial charge < -0.3 is 10.2 Å². The zero-order valence-corrected chi connectivity index (χ0v) is 21.2. The third-order valence-electron chi connectivity index (χ3n) is 5.30. The fourth-order valence-corrected chi connectivity index (χ4v) is 4.61. The van der Waals surface area contributed by atoms with Gasteiger partial charge in [0.25, 0.3) is 0 Å². The molecule has 0 fully saturated rings. The van der Waals surface area contributed by atoms with Crippen LogP contribution < -0.4 is 5.32 Å². The van der Waals surface area contributed by atoms with Crippen LogP contribution in [0.5, 0.6) is 0 Å². The summed E-state index contributed by atoms with van der Waals surface area (Å²) in [5, 5.41) is 3.71. The third-order valence-corrected chi connectivity index (χ3v) is 6.56. The van der Waals surface area contributed by atoms with E-state index in [1.54, 1.807) is 16.7 Å². The molecule has 0 aliphatic heterocycles. The predicted molar refractivity (Wildman–Crippen MR) is 141 cm³/mol. The van der Waals surface area contributed by atoms with Gasteiger partial charge in [0.15, 0.2) is 0 Å². The van der Waals surface area contributed by atoms with Gasteiger partial charge in [-0.15, -0.1) is 11.8 Å². The quantitative estimate of drug-likeness (QED) is 0.333. The average Bonchev–Trinajstić information content (AvgIpc) is 2.83. The minimum atomic E-state index is -0.599. The van der Waals surface area contributed by atoms with E-state index in [1.807, 2.05) is 98.8 Å². The number of nitrogens with zero attached hydrogens (tertiary/aromatic N) is 1. The number of nitrogens with one attached hydrogen (secondary N) is 1. The maximum Gasteiger partial charge on any atom is 0.243 e. The Balaban J connectivity index is 1.81. The van der Waals surface area contributed by atoms with Crippen molar-refractivity contribution >= 4 is 35.2 Å². The monoisotopic (exact) mass is 494 g/mol. The van der Waals surface area contributed by atoms with Gasteiger partial charge in [-0.05, 0) is 49.2 Å². The Morgan fingerprint density at radius 3 is 2.06 bits per heavy atom. The number of carbonyl (C=O) groups is 2. The molecule has 3 aromatic rings. The summed E-state index contributed by atoms with van der Waals surface area (Å²) in [6.45, 7) is 4.25. The highest BCUT2D eigenvalue weighted by Crippen LogP contribution is 2.22. The number of thioether (sulfide) groups is 1. The zero-order chi connectivity index (χ0) is 24.3. The lowest BCUT2D eigenvalue weighted by atomic mass is 10.0. The molecule has 1 atom stereocenters. The van der Waals surface area contributed by atoms with E-state index in [0.717, 1.165) is 16.0 Å². The molecule has 0 saturated heterocycles. The van der Waals surface area contributed by atoms with Crippen molar-refractivity contribution < 1.29 is 9.59 Å². The van der Waals surface area contributed by atoms with Gasteiger partial charge in [-0.1, -0.05) is 72.3 Å². The molecule has 0 aliphatic rings. The fraction of sp³-hybridized carbons (Fsp3) is 0.286. The third kappa shape index (κ3) is 8.23. The number of carbonyl (C=O) groups excluding carboxylic acids is 2. The molecule has 0 unspecified atom stereocenters. The van der Waals surface area contributed by atoms with E-state index in [2.05, 4.69) is 5.32 Å². The molecule has 2 amide bonds. The molecule has 6 heteroatoms. The predicted octanol–water partition coefficient (Wildman–Crippen LogP) is 5.99. The number of halogens is 1. The van der Waals surface area contributed by atoms with Gasteiger partial charge in [0.1, 0.15) is 6.04 Å². The largest absolute Gasteiger partial charge is 0.352 e. The lowest BCUT2D eigenvalue weighted by Crippen LogP contribution is -2.51. The van der Waals surface area contributed by atoms with Crippen molar-refractivity contribution in [1.82, 2.24) is 10.2 Å². The molecule has 3 rings (SSSR count). The van der Waals surface area contributed by atoms with E-state index in [0.29, 0.717) is 30.2 Å². The Morgan fingerprint density at radius 2 is 1.47 bits per heavy atom. The number of amides is 2. The molecule has 0 aromatic heterocycles. The van der Waals surface area contributed by atoms with Crippen LogP contribution in [-0.4, -0.2) is 34.6 Å². The molecule has 3 aromatic carbocycles. The smallest absolute Gasteiger partial charge is 0.243 e. The Labute approximate surface area is 211 Å². The van der Waals surface area contributed by atoms with Crippen LogP contribution in [0, 0.1) is 0 Å². The minimum absolute atomic E-state index is 0.0140. The van der Waals surface area contributed by atoms with Crippen LogP contribution in [0.2, 0.25) is 5.02 Å². The summed E-state index contributed by atoms with van der Waals surface area (Å²) in [4.78, 5) is 29.6. The van der Waals surface area contributed by atoms with Gasteiger partial charge in [-0.2, -0.15) is 0 Å². The second-order valence-corrected chi connectivity index (χ2v) is 10.0. The van der Waals surface area contributed by atoms with Crippen LogP contribution in [0.15, 0.2) is 89.8 Å². The van der Waals surface area contributed by atoms with Crippen molar-refractivity contribution in [2.45, 2.75) is 50.2 Å². The van der Waals surface area contributed by atoms with Gasteiger partial charge in [0.05, 0.1) is 0 Å². The van der Waals surface area contributed by atoms with Crippen molar-refractivity contribution in [2.24, 2.45) is 0 Å². The van der Waals surface area contributed by atoms with Crippen LogP contribution in [-0.2, 0) is 22.6 Å². The molecule has 178 valence electrons. The normalized spacial score (nSPS) is 11.8. The summed E-state index contributed by atoms with van der Waals surface area (Å²) in [5.41, 5.74) is 2.02. The van der Waals surface area contributed by atoms with E-state index in [-0.39, 0.29) is 17.9 Å². The van der Waals surface area contributed by atoms with Crippen molar-refractivity contribution in [1.29, 1.82) is 0 Å². The SMILES string of the molecule is CC(C)NC(=O)[C@H](Cc1ccccc1)N(Cc1ccccc1)C(=O)CCSc1ccc(Cl)cc1. The van der Waals surface area contributed by atoms with Crippen molar-refractivity contribution in [3.8, 4) is 0 Å². The van der Waals surface area contributed by atoms with Crippen molar-refractivity contribution in [2.75, 3.05) is 5.75 Å². The highest BCUT2D eigenvalue weighted by Gasteiger charge is 2.30. The average molecular weight is 495 g/mol. The first-order valence-electron chi connectivity index (χ1n) is 11.5. The fourth-order valence-electron chi connectivity index (χ4n) is 3.65. The number of rotatable bonds is 11. The summed E-state index contributed by atoms with van der Waals surface area (Å²) in [7, 11) is 0. The molecule has 4 nitrogen and oxygen atoms in total. The zero-order valence-electron chi connectivity index (χ0n) is 19.6. The number of hydrogen-bond donors (Lipinski definition) is 1. The van der Waals surface area contributed by atoms with Crippen LogP contribution in [0.1, 0.15) is 31.4 Å². The Hall–Kier alpha value is -2.76. The van der Waals surface area contributed by atoms with Crippen molar-refractivity contribution in [3.05, 3.63) is 101 Å². The van der Waals surface area contributed by atoms with Crippen LogP contribution in [0.4, 0.5) is 0 Å². The maximum atomic E-state index is 13.5. The molecule has 0 spiro atoms. The van der Waals surface area contributed by atoms with E-state index >= 15 is 0 Å². The number of benzene rings is 3. The summed E-state index contributed by atoms with van der Waals surface area (Å²) < 4.78 is 0. The summed E-state index contributed by atoms with van der Waals surface area (Å²) in [6, 6.07) is 26.7. The Morgan fingerprint density at radius 1 is 0.882 bits per heavy atom. The first-order chi connectivity index (χ1) is 16.4. The standard InChI is InChI=1S/C28H31ClN2O2S/c1-21(2)30-28(33)26(19-22-9-5-3-6-10-22)31(20-23-11-7-4-8-12-23)27(32)17-18-34-25-15-13-24(29)14-16-25/h3-16,21,26H,17-20H2,1-2H3,(H,30,33)/t26-/m0/s1. The van der Waals surface area contributed by atoms with E-state index in [1.165, 1.54) is 0 Å². The lowest BCUT2D eigenvalue weighted by Gasteiger charge is -2.32. The highest BCUT2D eigenvalue weighted by molar-refractivity contribution is 7.99. The second-order valence-electron chi connectivity index (χ2n) is 8.43. The van der Waals surface area contributed by atoms with Gasteiger partial charge in [0.2, 0.25) is 11.8 Å². The van der Waals surface area contributed by atoms with E-state index in [4.69, 9.17) is 11.6 Å². The first-order valence-corrected chi connectivity index (χ1v) is 12.8. The maximum absolute atomic E-state index is 13.5. The van der Waals surface area contributed by atoms with Crippen LogP contribution >= 0.6 is 23.4 Å². The molecule has 0 bridgehead atoms. The molecular weight excluding hydrogens is 464 g/mol. The van der Waals surface area contributed by atoms with Crippen LogP contribution in [0.25, 0.3) is 0 Å². The summed E-state index contributed by atoms with van der Waals surface area (Å²) in [5.74, 6) is 0.453. The number of hydrogen-bond acceptors (Lipinski definition) is 3. The van der Waals surface area contributed by atoms with Gasteiger partial charge >= 0.3 is 0 Å².